The summed E-state index contributed by atoms with van der Waals surface area (Å²) in [5, 5.41) is 10.2. The summed E-state index contributed by atoms with van der Waals surface area (Å²) in [6.45, 7) is 1.74. The summed E-state index contributed by atoms with van der Waals surface area (Å²) >= 11 is 3.35. The van der Waals surface area contributed by atoms with E-state index >= 15 is 0 Å². The van der Waals surface area contributed by atoms with Gasteiger partial charge < -0.3 is 9.67 Å². The number of aryl methyl sites for hydroxylation is 1. The van der Waals surface area contributed by atoms with E-state index in [1.165, 1.54) is 0 Å². The van der Waals surface area contributed by atoms with Crippen molar-refractivity contribution in [3.05, 3.63) is 56.7 Å². The predicted octanol–water partition coefficient (Wildman–Crippen LogP) is 3.31. The number of pyridine rings is 1. The quantitative estimate of drug-likeness (QED) is 0.725. The Balaban J connectivity index is 2.57. The SMILES string of the molecule is Cc1ccc2c(=O)c3cc(Br)ccc3n(CC(=O)O)c2c1. The lowest BCUT2D eigenvalue weighted by Gasteiger charge is -2.14. The molecule has 2 aromatic carbocycles. The molecule has 1 aromatic heterocycles. The first-order valence-corrected chi connectivity index (χ1v) is 7.21. The molecule has 0 saturated carbocycles. The third kappa shape index (κ3) is 2.34. The third-order valence-electron chi connectivity index (χ3n) is 3.48. The first kappa shape index (κ1) is 13.8. The summed E-state index contributed by atoms with van der Waals surface area (Å²) in [6.07, 6.45) is 0. The van der Waals surface area contributed by atoms with Gasteiger partial charge in [0, 0.05) is 15.2 Å². The summed E-state index contributed by atoms with van der Waals surface area (Å²) < 4.78 is 2.47. The van der Waals surface area contributed by atoms with Crippen LogP contribution in [0.25, 0.3) is 21.8 Å². The fourth-order valence-electron chi connectivity index (χ4n) is 2.56. The van der Waals surface area contributed by atoms with Gasteiger partial charge >= 0.3 is 5.97 Å². The Bertz CT molecular complexity index is 944. The minimum atomic E-state index is -0.939. The maximum Gasteiger partial charge on any atom is 0.323 e. The Morgan fingerprint density at radius 2 is 1.90 bits per heavy atom. The largest absolute Gasteiger partial charge is 0.480 e. The van der Waals surface area contributed by atoms with Gasteiger partial charge in [0.05, 0.1) is 11.0 Å². The molecule has 0 saturated heterocycles. The van der Waals surface area contributed by atoms with Crippen LogP contribution in [0.2, 0.25) is 0 Å². The number of nitrogens with zero attached hydrogens (tertiary/aromatic N) is 1. The Morgan fingerprint density at radius 3 is 2.62 bits per heavy atom. The number of aromatic nitrogens is 1. The molecular weight excluding hydrogens is 334 g/mol. The van der Waals surface area contributed by atoms with Crippen LogP contribution in [-0.4, -0.2) is 15.6 Å². The van der Waals surface area contributed by atoms with Crippen LogP contribution in [0.15, 0.2) is 45.7 Å². The van der Waals surface area contributed by atoms with Gasteiger partial charge in [-0.15, -0.1) is 0 Å². The molecule has 0 fully saturated rings. The molecule has 0 aliphatic rings. The van der Waals surface area contributed by atoms with Gasteiger partial charge in [0.25, 0.3) is 0 Å². The van der Waals surface area contributed by atoms with E-state index in [9.17, 15) is 14.7 Å². The summed E-state index contributed by atoms with van der Waals surface area (Å²) in [5.74, 6) is -0.939. The second-order valence-corrected chi connectivity index (χ2v) is 5.91. The van der Waals surface area contributed by atoms with E-state index in [1.807, 2.05) is 25.1 Å². The van der Waals surface area contributed by atoms with Gasteiger partial charge in [-0.25, -0.2) is 0 Å². The first-order valence-electron chi connectivity index (χ1n) is 6.41. The first-order chi connectivity index (χ1) is 9.97. The van der Waals surface area contributed by atoms with Crippen LogP contribution in [-0.2, 0) is 11.3 Å². The molecule has 0 amide bonds. The van der Waals surface area contributed by atoms with Gasteiger partial charge in [0.15, 0.2) is 5.43 Å². The highest BCUT2D eigenvalue weighted by atomic mass is 79.9. The van der Waals surface area contributed by atoms with Crippen LogP contribution >= 0.6 is 15.9 Å². The van der Waals surface area contributed by atoms with Crippen LogP contribution in [0.5, 0.6) is 0 Å². The number of carbonyl (C=O) groups is 1. The number of benzene rings is 2. The lowest BCUT2D eigenvalue weighted by atomic mass is 10.1. The lowest BCUT2D eigenvalue weighted by Crippen LogP contribution is -2.16. The smallest absolute Gasteiger partial charge is 0.323 e. The molecule has 1 heterocycles. The number of halogens is 1. The number of carboxylic acids is 1. The van der Waals surface area contributed by atoms with Crippen molar-refractivity contribution >= 4 is 43.7 Å². The van der Waals surface area contributed by atoms with Crippen molar-refractivity contribution in [1.29, 1.82) is 0 Å². The molecule has 3 rings (SSSR count). The molecule has 106 valence electrons. The Hall–Kier alpha value is -2.14. The fourth-order valence-corrected chi connectivity index (χ4v) is 2.92. The van der Waals surface area contributed by atoms with Gasteiger partial charge in [-0.05, 0) is 42.8 Å². The standard InChI is InChI=1S/C16H12BrNO3/c1-9-2-4-11-14(6-9)18(8-15(19)20)13-5-3-10(17)7-12(13)16(11)21/h2-7H,8H2,1H3,(H,19,20). The minimum Gasteiger partial charge on any atom is -0.480 e. The van der Waals surface area contributed by atoms with Gasteiger partial charge in [-0.2, -0.15) is 0 Å². The topological polar surface area (TPSA) is 59.3 Å². The van der Waals surface area contributed by atoms with E-state index in [4.69, 9.17) is 0 Å². The molecule has 0 atom stereocenters. The monoisotopic (exact) mass is 345 g/mol. The maximum atomic E-state index is 12.6. The van der Waals surface area contributed by atoms with Crippen LogP contribution in [0.4, 0.5) is 0 Å². The van der Waals surface area contributed by atoms with E-state index in [1.54, 1.807) is 22.8 Å². The normalized spacial score (nSPS) is 11.1. The van der Waals surface area contributed by atoms with E-state index in [0.29, 0.717) is 21.8 Å². The van der Waals surface area contributed by atoms with Crippen LogP contribution < -0.4 is 5.43 Å². The zero-order chi connectivity index (χ0) is 15.1. The molecule has 0 aliphatic carbocycles. The average Bonchev–Trinajstić information content (AvgIpc) is 2.43. The summed E-state index contributed by atoms with van der Waals surface area (Å²) in [5.41, 5.74) is 2.18. The van der Waals surface area contributed by atoms with E-state index in [2.05, 4.69) is 15.9 Å². The highest BCUT2D eigenvalue weighted by Gasteiger charge is 2.13. The van der Waals surface area contributed by atoms with Crippen molar-refractivity contribution < 1.29 is 9.90 Å². The number of hydrogen-bond acceptors (Lipinski definition) is 2. The zero-order valence-corrected chi connectivity index (χ0v) is 12.8. The molecule has 3 aromatic rings. The molecule has 0 radical (unpaired) electrons. The van der Waals surface area contributed by atoms with Crippen molar-refractivity contribution in [3.8, 4) is 0 Å². The molecule has 0 bridgehead atoms. The molecule has 4 nitrogen and oxygen atoms in total. The molecule has 5 heteroatoms. The average molecular weight is 346 g/mol. The van der Waals surface area contributed by atoms with Gasteiger partial charge in [-0.3, -0.25) is 9.59 Å². The van der Waals surface area contributed by atoms with Gasteiger partial charge in [0.1, 0.15) is 6.54 Å². The van der Waals surface area contributed by atoms with Crippen LogP contribution in [0, 0.1) is 6.92 Å². The lowest BCUT2D eigenvalue weighted by molar-refractivity contribution is -0.137. The number of carboxylic acid groups (broad SMARTS) is 1. The van der Waals surface area contributed by atoms with E-state index < -0.39 is 5.97 Å². The molecule has 21 heavy (non-hydrogen) atoms. The highest BCUT2D eigenvalue weighted by Crippen LogP contribution is 2.23. The van der Waals surface area contributed by atoms with Crippen LogP contribution in [0.1, 0.15) is 5.56 Å². The third-order valence-corrected chi connectivity index (χ3v) is 3.97. The Kier molecular flexibility index (Phi) is 3.29. The van der Waals surface area contributed by atoms with Crippen molar-refractivity contribution in [3.63, 3.8) is 0 Å². The zero-order valence-electron chi connectivity index (χ0n) is 11.3. The Labute approximate surface area is 128 Å². The second kappa shape index (κ2) is 5.00. The number of fused-ring (bicyclic) bond motifs is 2. The summed E-state index contributed by atoms with van der Waals surface area (Å²) in [4.78, 5) is 23.8. The second-order valence-electron chi connectivity index (χ2n) is 4.99. The van der Waals surface area contributed by atoms with Crippen molar-refractivity contribution in [2.75, 3.05) is 0 Å². The highest BCUT2D eigenvalue weighted by molar-refractivity contribution is 9.10. The summed E-state index contributed by atoms with van der Waals surface area (Å²) in [7, 11) is 0. The fraction of sp³-hybridized carbons (Fsp3) is 0.125. The Morgan fingerprint density at radius 1 is 1.14 bits per heavy atom. The van der Waals surface area contributed by atoms with Gasteiger partial charge in [-0.1, -0.05) is 22.0 Å². The van der Waals surface area contributed by atoms with Crippen molar-refractivity contribution in [1.82, 2.24) is 4.57 Å². The molecule has 0 spiro atoms. The summed E-state index contributed by atoms with van der Waals surface area (Å²) in [6, 6.07) is 10.8. The molecule has 0 aliphatic heterocycles. The molecule has 0 unspecified atom stereocenters. The predicted molar refractivity (Wildman–Crippen MR) is 85.8 cm³/mol. The van der Waals surface area contributed by atoms with E-state index in [-0.39, 0.29) is 12.0 Å². The van der Waals surface area contributed by atoms with Crippen LogP contribution in [0.3, 0.4) is 0 Å². The maximum absolute atomic E-state index is 12.6. The molecule has 1 N–H and O–H groups in total. The number of hydrogen-bond donors (Lipinski definition) is 1. The number of aliphatic carboxylic acids is 1. The van der Waals surface area contributed by atoms with E-state index in [0.717, 1.165) is 10.0 Å². The van der Waals surface area contributed by atoms with Crippen molar-refractivity contribution in [2.45, 2.75) is 13.5 Å². The number of rotatable bonds is 2. The minimum absolute atomic E-state index is 0.0806. The van der Waals surface area contributed by atoms with Crippen molar-refractivity contribution in [2.24, 2.45) is 0 Å². The van der Waals surface area contributed by atoms with Gasteiger partial charge in [0.2, 0.25) is 0 Å². The molecular formula is C16H12BrNO3.